The van der Waals surface area contributed by atoms with Gasteiger partial charge in [0.1, 0.15) is 17.1 Å². The molecule has 33 heavy (non-hydrogen) atoms. The van der Waals surface area contributed by atoms with Crippen LogP contribution in [0.3, 0.4) is 0 Å². The Hall–Kier alpha value is -3.93. The molecule has 0 fully saturated rings. The van der Waals surface area contributed by atoms with Crippen LogP contribution in [0, 0.1) is 12.7 Å². The zero-order chi connectivity index (χ0) is 23.4. The van der Waals surface area contributed by atoms with Crippen LogP contribution >= 0.6 is 0 Å². The van der Waals surface area contributed by atoms with Crippen molar-refractivity contribution < 1.29 is 23.1 Å². The Morgan fingerprint density at radius 1 is 1.00 bits per heavy atom. The zero-order valence-corrected chi connectivity index (χ0v) is 18.5. The normalized spacial score (nSPS) is 10.9. The number of furan rings is 1. The van der Waals surface area contributed by atoms with Gasteiger partial charge in [-0.3, -0.25) is 9.59 Å². The van der Waals surface area contributed by atoms with E-state index in [2.05, 4.69) is 12.2 Å². The van der Waals surface area contributed by atoms with E-state index in [4.69, 9.17) is 9.15 Å². The van der Waals surface area contributed by atoms with Crippen molar-refractivity contribution >= 4 is 28.3 Å². The number of ketones is 1. The number of para-hydroxylation sites is 1. The number of benzene rings is 3. The number of rotatable bonds is 8. The molecule has 4 rings (SSSR count). The Bertz CT molecular complexity index is 1310. The number of carbonyl (C=O) groups is 2. The maximum absolute atomic E-state index is 14.1. The molecule has 1 amide bonds. The fourth-order valence-electron chi connectivity index (χ4n) is 3.42. The van der Waals surface area contributed by atoms with Gasteiger partial charge in [-0.2, -0.15) is 0 Å². The molecular formula is C27H24FNO4. The van der Waals surface area contributed by atoms with Crippen LogP contribution in [0.15, 0.2) is 71.1 Å². The minimum absolute atomic E-state index is 0.0488. The summed E-state index contributed by atoms with van der Waals surface area (Å²) in [5.74, 6) is -0.756. The molecule has 0 bridgehead atoms. The Morgan fingerprint density at radius 2 is 1.73 bits per heavy atom. The molecule has 0 aliphatic heterocycles. The van der Waals surface area contributed by atoms with Gasteiger partial charge in [-0.1, -0.05) is 37.6 Å². The summed E-state index contributed by atoms with van der Waals surface area (Å²) >= 11 is 0. The summed E-state index contributed by atoms with van der Waals surface area (Å²) in [7, 11) is 0. The Kier molecular flexibility index (Phi) is 6.54. The lowest BCUT2D eigenvalue weighted by Crippen LogP contribution is -2.14. The molecule has 5 nitrogen and oxygen atoms in total. The monoisotopic (exact) mass is 445 g/mol. The topological polar surface area (TPSA) is 68.5 Å². The number of carbonyl (C=O) groups excluding carboxylic acids is 2. The van der Waals surface area contributed by atoms with E-state index in [1.54, 1.807) is 55.5 Å². The third-order valence-electron chi connectivity index (χ3n) is 5.36. The largest absolute Gasteiger partial charge is 0.494 e. The van der Waals surface area contributed by atoms with E-state index in [-0.39, 0.29) is 17.0 Å². The van der Waals surface area contributed by atoms with Crippen LogP contribution in [0.5, 0.6) is 5.75 Å². The van der Waals surface area contributed by atoms with E-state index >= 15 is 0 Å². The third kappa shape index (κ3) is 4.80. The van der Waals surface area contributed by atoms with Crippen molar-refractivity contribution in [3.63, 3.8) is 0 Å². The summed E-state index contributed by atoms with van der Waals surface area (Å²) in [6.07, 6.45) is 1.99. The van der Waals surface area contributed by atoms with Crippen LogP contribution in [-0.2, 0) is 0 Å². The highest BCUT2D eigenvalue weighted by Crippen LogP contribution is 2.33. The molecular weight excluding hydrogens is 421 g/mol. The number of halogens is 1. The molecule has 4 aromatic rings. The highest BCUT2D eigenvalue weighted by molar-refractivity contribution is 6.18. The zero-order valence-electron chi connectivity index (χ0n) is 18.5. The molecule has 0 radical (unpaired) electrons. The highest BCUT2D eigenvalue weighted by Gasteiger charge is 2.24. The number of hydrogen-bond donors (Lipinski definition) is 1. The summed E-state index contributed by atoms with van der Waals surface area (Å²) in [5.41, 5.74) is 1.68. The number of amides is 1. The molecule has 1 heterocycles. The van der Waals surface area contributed by atoms with Crippen molar-refractivity contribution in [2.24, 2.45) is 0 Å². The molecule has 0 atom stereocenters. The molecule has 1 aromatic heterocycles. The minimum Gasteiger partial charge on any atom is -0.494 e. The maximum Gasteiger partial charge on any atom is 0.255 e. The summed E-state index contributed by atoms with van der Waals surface area (Å²) in [6.45, 7) is 4.33. The van der Waals surface area contributed by atoms with Crippen molar-refractivity contribution in [3.8, 4) is 5.75 Å². The average Bonchev–Trinajstić information content (AvgIpc) is 3.19. The summed E-state index contributed by atoms with van der Waals surface area (Å²) in [6, 6.07) is 18.1. The van der Waals surface area contributed by atoms with Gasteiger partial charge in [-0.25, -0.2) is 4.39 Å². The standard InChI is InChI=1S/C27H24FNO4/c1-3-4-15-32-20-13-11-18(12-14-20)27(31)29-24-21-7-5-6-8-23(21)33-26(24)25(30)19-10-9-17(2)22(28)16-19/h5-14,16H,3-4,15H2,1-2H3,(H,29,31). The lowest BCUT2D eigenvalue weighted by molar-refractivity contribution is 0.101. The third-order valence-corrected chi connectivity index (χ3v) is 5.36. The van der Waals surface area contributed by atoms with Gasteiger partial charge in [0.05, 0.1) is 12.3 Å². The van der Waals surface area contributed by atoms with Crippen LogP contribution in [0.4, 0.5) is 10.1 Å². The van der Waals surface area contributed by atoms with Crippen molar-refractivity contribution in [1.82, 2.24) is 0 Å². The number of anilines is 1. The first-order valence-electron chi connectivity index (χ1n) is 10.8. The van der Waals surface area contributed by atoms with Crippen molar-refractivity contribution in [1.29, 1.82) is 0 Å². The molecule has 0 unspecified atom stereocenters. The number of aryl methyl sites for hydroxylation is 1. The van der Waals surface area contributed by atoms with Gasteiger partial charge in [0.2, 0.25) is 5.78 Å². The average molecular weight is 445 g/mol. The first kappa shape index (κ1) is 22.3. The fourth-order valence-corrected chi connectivity index (χ4v) is 3.42. The van der Waals surface area contributed by atoms with Crippen molar-refractivity contribution in [2.45, 2.75) is 26.7 Å². The van der Waals surface area contributed by atoms with E-state index in [0.29, 0.717) is 34.5 Å². The van der Waals surface area contributed by atoms with E-state index in [9.17, 15) is 14.0 Å². The van der Waals surface area contributed by atoms with Crippen molar-refractivity contribution in [2.75, 3.05) is 11.9 Å². The van der Waals surface area contributed by atoms with Gasteiger partial charge in [0.25, 0.3) is 5.91 Å². The highest BCUT2D eigenvalue weighted by atomic mass is 19.1. The van der Waals surface area contributed by atoms with E-state index < -0.39 is 17.5 Å². The molecule has 0 saturated carbocycles. The number of fused-ring (bicyclic) bond motifs is 1. The first-order chi connectivity index (χ1) is 16.0. The fraction of sp³-hybridized carbons (Fsp3) is 0.185. The molecule has 1 N–H and O–H groups in total. The number of nitrogens with one attached hydrogen (secondary N) is 1. The second kappa shape index (κ2) is 9.69. The first-order valence-corrected chi connectivity index (χ1v) is 10.8. The summed E-state index contributed by atoms with van der Waals surface area (Å²) < 4.78 is 25.5. The molecule has 0 aliphatic rings. The molecule has 168 valence electrons. The number of unbranched alkanes of at least 4 members (excludes halogenated alkanes) is 1. The van der Waals surface area contributed by atoms with Crippen LogP contribution in [0.1, 0.15) is 51.8 Å². The second-order valence-corrected chi connectivity index (χ2v) is 7.78. The molecule has 6 heteroatoms. The quantitative estimate of drug-likeness (QED) is 0.247. The van der Waals surface area contributed by atoms with Crippen LogP contribution in [0.25, 0.3) is 11.0 Å². The van der Waals surface area contributed by atoms with E-state index in [1.165, 1.54) is 18.2 Å². The van der Waals surface area contributed by atoms with Crippen LogP contribution in [0.2, 0.25) is 0 Å². The lowest BCUT2D eigenvalue weighted by Gasteiger charge is -2.08. The van der Waals surface area contributed by atoms with Gasteiger partial charge < -0.3 is 14.5 Å². The molecule has 0 aliphatic carbocycles. The van der Waals surface area contributed by atoms with Crippen LogP contribution in [-0.4, -0.2) is 18.3 Å². The van der Waals surface area contributed by atoms with Gasteiger partial charge in [-0.05, 0) is 61.4 Å². The second-order valence-electron chi connectivity index (χ2n) is 7.78. The van der Waals surface area contributed by atoms with Gasteiger partial charge in [0.15, 0.2) is 5.76 Å². The van der Waals surface area contributed by atoms with Gasteiger partial charge >= 0.3 is 0 Å². The molecule has 0 saturated heterocycles. The number of hydrogen-bond acceptors (Lipinski definition) is 4. The van der Waals surface area contributed by atoms with Gasteiger partial charge in [0, 0.05) is 16.5 Å². The van der Waals surface area contributed by atoms with E-state index in [1.807, 2.05) is 0 Å². The Balaban J connectivity index is 1.63. The smallest absolute Gasteiger partial charge is 0.255 e. The lowest BCUT2D eigenvalue weighted by atomic mass is 10.0. The van der Waals surface area contributed by atoms with Gasteiger partial charge in [-0.15, -0.1) is 0 Å². The maximum atomic E-state index is 14.1. The van der Waals surface area contributed by atoms with Crippen molar-refractivity contribution in [3.05, 3.63) is 95.0 Å². The molecule has 3 aromatic carbocycles. The summed E-state index contributed by atoms with van der Waals surface area (Å²) in [5, 5.41) is 3.39. The predicted molar refractivity (Wildman–Crippen MR) is 126 cm³/mol. The summed E-state index contributed by atoms with van der Waals surface area (Å²) in [4.78, 5) is 26.1. The SMILES string of the molecule is CCCCOc1ccc(C(=O)Nc2c(C(=O)c3ccc(C)c(F)c3)oc3ccccc23)cc1. The Labute approximate surface area is 191 Å². The van der Waals surface area contributed by atoms with Crippen LogP contribution < -0.4 is 10.1 Å². The number of ether oxygens (including phenoxy) is 1. The molecule has 0 spiro atoms. The Morgan fingerprint density at radius 3 is 2.45 bits per heavy atom. The van der Waals surface area contributed by atoms with E-state index in [0.717, 1.165) is 12.8 Å². The predicted octanol–water partition coefficient (Wildman–Crippen LogP) is 6.54. The minimum atomic E-state index is -0.514.